The molecule has 1 fully saturated rings. The second-order valence-electron chi connectivity index (χ2n) is 7.34. The fourth-order valence-electron chi connectivity index (χ4n) is 3.80. The van der Waals surface area contributed by atoms with Gasteiger partial charge in [-0.2, -0.15) is 5.10 Å². The summed E-state index contributed by atoms with van der Waals surface area (Å²) in [6.45, 7) is 8.51. The number of rotatable bonds is 3. The number of nitrogens with zero attached hydrogens (tertiary/aromatic N) is 3. The quantitative estimate of drug-likeness (QED) is 0.700. The number of hydrogen-bond donors (Lipinski definition) is 2. The Balaban J connectivity index is 1.66. The van der Waals surface area contributed by atoms with Crippen LogP contribution in [0.25, 0.3) is 22.0 Å². The Labute approximate surface area is 158 Å². The maximum atomic E-state index is 12.0. The molecule has 3 N–H and O–H groups in total. The molecular formula is C21H25N5O. The van der Waals surface area contributed by atoms with E-state index in [1.807, 2.05) is 36.4 Å². The van der Waals surface area contributed by atoms with Gasteiger partial charge in [0.05, 0.1) is 22.5 Å². The molecule has 2 aromatic carbocycles. The first-order valence-electron chi connectivity index (χ1n) is 9.41. The Morgan fingerprint density at radius 3 is 2.41 bits per heavy atom. The van der Waals surface area contributed by atoms with Crippen LogP contribution in [0.1, 0.15) is 13.8 Å². The lowest BCUT2D eigenvalue weighted by Crippen LogP contribution is -2.49. The van der Waals surface area contributed by atoms with Gasteiger partial charge in [0, 0.05) is 43.2 Å². The number of piperazine rings is 1. The van der Waals surface area contributed by atoms with Crippen LogP contribution >= 0.6 is 0 Å². The molecule has 1 aliphatic rings. The monoisotopic (exact) mass is 363 g/mol. The SMILES string of the molecule is CC(C)N1CCN(c2ccc(-c3n[nH]c(=O)c4ccccc34)cc2N)CC1. The van der Waals surface area contributed by atoms with Gasteiger partial charge in [0.1, 0.15) is 0 Å². The number of nitrogens with one attached hydrogen (secondary N) is 1. The molecule has 3 aromatic rings. The maximum Gasteiger partial charge on any atom is 0.272 e. The zero-order valence-corrected chi connectivity index (χ0v) is 15.8. The van der Waals surface area contributed by atoms with Crippen LogP contribution in [0.15, 0.2) is 47.3 Å². The molecule has 4 rings (SSSR count). The molecule has 6 nitrogen and oxygen atoms in total. The van der Waals surface area contributed by atoms with Crippen molar-refractivity contribution in [3.8, 4) is 11.3 Å². The van der Waals surface area contributed by atoms with Crippen LogP contribution in [-0.4, -0.2) is 47.3 Å². The third-order valence-corrected chi connectivity index (χ3v) is 5.38. The molecule has 2 heterocycles. The van der Waals surface area contributed by atoms with Crippen molar-refractivity contribution in [2.45, 2.75) is 19.9 Å². The van der Waals surface area contributed by atoms with E-state index in [9.17, 15) is 4.79 Å². The van der Waals surface area contributed by atoms with Gasteiger partial charge in [-0.15, -0.1) is 0 Å². The number of hydrogen-bond acceptors (Lipinski definition) is 5. The predicted octanol–water partition coefficient (Wildman–Crippen LogP) is 2.70. The van der Waals surface area contributed by atoms with Gasteiger partial charge in [-0.1, -0.05) is 24.3 Å². The molecule has 0 bridgehead atoms. The average Bonchev–Trinajstić information content (AvgIpc) is 2.68. The van der Waals surface area contributed by atoms with Crippen LogP contribution < -0.4 is 16.2 Å². The van der Waals surface area contributed by atoms with E-state index in [4.69, 9.17) is 5.73 Å². The summed E-state index contributed by atoms with van der Waals surface area (Å²) in [7, 11) is 0. The van der Waals surface area contributed by atoms with Crippen molar-refractivity contribution >= 4 is 22.1 Å². The number of nitrogens with two attached hydrogens (primary N) is 1. The van der Waals surface area contributed by atoms with Crippen molar-refractivity contribution in [3.05, 3.63) is 52.8 Å². The smallest absolute Gasteiger partial charge is 0.272 e. The van der Waals surface area contributed by atoms with E-state index in [0.717, 1.165) is 54.2 Å². The van der Waals surface area contributed by atoms with Crippen molar-refractivity contribution < 1.29 is 0 Å². The normalized spacial score (nSPS) is 15.6. The zero-order valence-electron chi connectivity index (χ0n) is 15.8. The third-order valence-electron chi connectivity index (χ3n) is 5.38. The zero-order chi connectivity index (χ0) is 19.0. The van der Waals surface area contributed by atoms with Gasteiger partial charge in [-0.25, -0.2) is 5.10 Å². The molecule has 140 valence electrons. The molecule has 27 heavy (non-hydrogen) atoms. The van der Waals surface area contributed by atoms with Crippen LogP contribution in [-0.2, 0) is 0 Å². The summed E-state index contributed by atoms with van der Waals surface area (Å²) in [5, 5.41) is 8.33. The van der Waals surface area contributed by atoms with Gasteiger partial charge in [0.2, 0.25) is 0 Å². The van der Waals surface area contributed by atoms with Gasteiger partial charge in [0.25, 0.3) is 5.56 Å². The van der Waals surface area contributed by atoms with E-state index in [1.54, 1.807) is 0 Å². The van der Waals surface area contributed by atoms with Crippen molar-refractivity contribution in [1.29, 1.82) is 0 Å². The lowest BCUT2D eigenvalue weighted by atomic mass is 10.0. The molecule has 1 saturated heterocycles. The maximum absolute atomic E-state index is 12.0. The Morgan fingerprint density at radius 1 is 1.04 bits per heavy atom. The van der Waals surface area contributed by atoms with Gasteiger partial charge >= 0.3 is 0 Å². The lowest BCUT2D eigenvalue weighted by Gasteiger charge is -2.38. The number of nitrogen functional groups attached to an aromatic ring is 1. The van der Waals surface area contributed by atoms with Crippen molar-refractivity contribution in [2.75, 3.05) is 36.8 Å². The number of benzene rings is 2. The highest BCUT2D eigenvalue weighted by Crippen LogP contribution is 2.31. The van der Waals surface area contributed by atoms with Crippen LogP contribution in [0.5, 0.6) is 0 Å². The Bertz CT molecular complexity index is 1020. The average molecular weight is 363 g/mol. The Kier molecular flexibility index (Phi) is 4.58. The highest BCUT2D eigenvalue weighted by atomic mass is 16.1. The molecule has 0 amide bonds. The first-order chi connectivity index (χ1) is 13.0. The van der Waals surface area contributed by atoms with Crippen LogP contribution in [0.3, 0.4) is 0 Å². The standard InChI is InChI=1S/C21H25N5O/c1-14(2)25-9-11-26(12-10-25)19-8-7-15(13-18(19)22)20-16-5-3-4-6-17(16)21(27)24-23-20/h3-8,13-14H,9-12,22H2,1-2H3,(H,24,27). The first kappa shape index (κ1) is 17.5. The molecule has 0 unspecified atom stereocenters. The second kappa shape index (κ2) is 7.04. The lowest BCUT2D eigenvalue weighted by molar-refractivity contribution is 0.209. The molecule has 1 aliphatic heterocycles. The predicted molar refractivity (Wildman–Crippen MR) is 111 cm³/mol. The highest BCUT2D eigenvalue weighted by molar-refractivity contribution is 5.94. The van der Waals surface area contributed by atoms with E-state index in [2.05, 4.69) is 39.9 Å². The van der Waals surface area contributed by atoms with Crippen LogP contribution in [0.2, 0.25) is 0 Å². The Morgan fingerprint density at radius 2 is 1.74 bits per heavy atom. The summed E-state index contributed by atoms with van der Waals surface area (Å²) >= 11 is 0. The van der Waals surface area contributed by atoms with Crippen molar-refractivity contribution in [3.63, 3.8) is 0 Å². The highest BCUT2D eigenvalue weighted by Gasteiger charge is 2.20. The second-order valence-corrected chi connectivity index (χ2v) is 7.34. The molecule has 1 aromatic heterocycles. The van der Waals surface area contributed by atoms with Crippen molar-refractivity contribution in [2.24, 2.45) is 0 Å². The fourth-order valence-corrected chi connectivity index (χ4v) is 3.80. The summed E-state index contributed by atoms with van der Waals surface area (Å²) in [6.07, 6.45) is 0. The third kappa shape index (κ3) is 3.28. The van der Waals surface area contributed by atoms with Crippen LogP contribution in [0, 0.1) is 0 Å². The number of aromatic nitrogens is 2. The van der Waals surface area contributed by atoms with E-state index >= 15 is 0 Å². The summed E-state index contributed by atoms with van der Waals surface area (Å²) in [5.74, 6) is 0. The number of fused-ring (bicyclic) bond motifs is 1. The summed E-state index contributed by atoms with van der Waals surface area (Å²) < 4.78 is 0. The molecule has 0 spiro atoms. The summed E-state index contributed by atoms with van der Waals surface area (Å²) in [5.41, 5.74) is 9.68. The fraction of sp³-hybridized carbons (Fsp3) is 0.333. The van der Waals surface area contributed by atoms with Gasteiger partial charge < -0.3 is 10.6 Å². The molecule has 0 radical (unpaired) electrons. The minimum absolute atomic E-state index is 0.179. The topological polar surface area (TPSA) is 78.2 Å². The summed E-state index contributed by atoms with van der Waals surface area (Å²) in [4.78, 5) is 16.8. The van der Waals surface area contributed by atoms with Crippen LogP contribution in [0.4, 0.5) is 11.4 Å². The van der Waals surface area contributed by atoms with Gasteiger partial charge in [-0.05, 0) is 32.0 Å². The number of H-pyrrole nitrogens is 1. The number of aromatic amines is 1. The molecule has 6 heteroatoms. The molecule has 0 atom stereocenters. The minimum Gasteiger partial charge on any atom is -0.397 e. The summed E-state index contributed by atoms with van der Waals surface area (Å²) in [6, 6.07) is 14.1. The largest absolute Gasteiger partial charge is 0.397 e. The minimum atomic E-state index is -0.179. The van der Waals surface area contributed by atoms with E-state index in [1.165, 1.54) is 0 Å². The van der Waals surface area contributed by atoms with Gasteiger partial charge in [0.15, 0.2) is 0 Å². The molecular weight excluding hydrogens is 338 g/mol. The number of anilines is 2. The van der Waals surface area contributed by atoms with E-state index in [-0.39, 0.29) is 5.56 Å². The van der Waals surface area contributed by atoms with E-state index in [0.29, 0.717) is 11.4 Å². The van der Waals surface area contributed by atoms with Crippen molar-refractivity contribution in [1.82, 2.24) is 15.1 Å². The van der Waals surface area contributed by atoms with Gasteiger partial charge in [-0.3, -0.25) is 9.69 Å². The first-order valence-corrected chi connectivity index (χ1v) is 9.41. The molecule has 0 saturated carbocycles. The van der Waals surface area contributed by atoms with E-state index < -0.39 is 0 Å². The molecule has 0 aliphatic carbocycles. The Hall–Kier alpha value is -2.86.